The fourth-order valence-corrected chi connectivity index (χ4v) is 1.42. The van der Waals surface area contributed by atoms with Gasteiger partial charge in [0.25, 0.3) is 0 Å². The number of rotatable bonds is 4. The van der Waals surface area contributed by atoms with Gasteiger partial charge in [-0.3, -0.25) is 4.79 Å². The highest BCUT2D eigenvalue weighted by atomic mass is 19.2. The molecule has 0 saturated heterocycles. The summed E-state index contributed by atoms with van der Waals surface area (Å²) in [6, 6.07) is 2.56. The van der Waals surface area contributed by atoms with E-state index in [1.807, 2.05) is 0 Å². The fraction of sp³-hybridized carbons (Fsp3) is 0.333. The average Bonchev–Trinajstić information content (AvgIpc) is 3.15. The number of carbonyl (C=O) groups excluding carboxylic acids is 2. The van der Waals surface area contributed by atoms with Crippen LogP contribution in [0.15, 0.2) is 18.2 Å². The van der Waals surface area contributed by atoms with Gasteiger partial charge in [-0.25, -0.2) is 13.6 Å². The second kappa shape index (κ2) is 5.64. The van der Waals surface area contributed by atoms with E-state index in [1.54, 1.807) is 0 Å². The second-order valence-electron chi connectivity index (χ2n) is 4.28. The van der Waals surface area contributed by atoms with Crippen molar-refractivity contribution in [2.45, 2.75) is 18.9 Å². The lowest BCUT2D eigenvalue weighted by molar-refractivity contribution is -0.120. The van der Waals surface area contributed by atoms with E-state index in [0.717, 1.165) is 25.0 Å². The molecule has 3 amide bonds. The lowest BCUT2D eigenvalue weighted by Gasteiger charge is -2.08. The third kappa shape index (κ3) is 4.20. The van der Waals surface area contributed by atoms with Gasteiger partial charge < -0.3 is 16.0 Å². The number of anilines is 1. The van der Waals surface area contributed by atoms with Crippen LogP contribution in [0.2, 0.25) is 0 Å². The van der Waals surface area contributed by atoms with Crippen LogP contribution < -0.4 is 16.0 Å². The third-order valence-electron chi connectivity index (χ3n) is 2.53. The van der Waals surface area contributed by atoms with Crippen LogP contribution in [0.1, 0.15) is 12.8 Å². The highest BCUT2D eigenvalue weighted by Crippen LogP contribution is 2.18. The molecule has 0 atom stereocenters. The van der Waals surface area contributed by atoms with Crippen LogP contribution in [-0.4, -0.2) is 24.5 Å². The Kier molecular flexibility index (Phi) is 3.94. The molecular weight excluding hydrogens is 256 g/mol. The van der Waals surface area contributed by atoms with Gasteiger partial charge in [0, 0.05) is 17.8 Å². The first-order valence-corrected chi connectivity index (χ1v) is 5.84. The van der Waals surface area contributed by atoms with Gasteiger partial charge in [-0.05, 0) is 25.0 Å². The molecule has 19 heavy (non-hydrogen) atoms. The summed E-state index contributed by atoms with van der Waals surface area (Å²) in [6.45, 7) is -0.161. The minimum absolute atomic E-state index is 0.110. The standard InChI is InChI=1S/C12H13F2N3O2/c13-9-4-3-8(5-10(9)14)17-12(19)15-6-11(18)16-7-1-2-7/h3-5,7H,1-2,6H2,(H,16,18)(H2,15,17,19). The molecule has 1 aromatic rings. The lowest BCUT2D eigenvalue weighted by atomic mass is 10.3. The van der Waals surface area contributed by atoms with Crippen LogP contribution in [0.5, 0.6) is 0 Å². The molecule has 1 aromatic carbocycles. The van der Waals surface area contributed by atoms with E-state index < -0.39 is 17.7 Å². The normalized spacial score (nSPS) is 13.8. The molecule has 1 aliphatic carbocycles. The summed E-state index contributed by atoms with van der Waals surface area (Å²) in [6.07, 6.45) is 1.93. The SMILES string of the molecule is O=C(CNC(=O)Nc1ccc(F)c(F)c1)NC1CC1. The Labute approximate surface area is 108 Å². The number of urea groups is 1. The summed E-state index contributed by atoms with van der Waals surface area (Å²) in [5.41, 5.74) is 0.110. The van der Waals surface area contributed by atoms with Crippen LogP contribution in [0.4, 0.5) is 19.3 Å². The Morgan fingerprint density at radius 2 is 1.95 bits per heavy atom. The molecule has 0 radical (unpaired) electrons. The molecule has 3 N–H and O–H groups in total. The second-order valence-corrected chi connectivity index (χ2v) is 4.28. The molecule has 0 bridgehead atoms. The van der Waals surface area contributed by atoms with Gasteiger partial charge in [0.1, 0.15) is 0 Å². The Hall–Kier alpha value is -2.18. The van der Waals surface area contributed by atoms with E-state index >= 15 is 0 Å². The number of nitrogens with one attached hydrogen (secondary N) is 3. The van der Waals surface area contributed by atoms with Gasteiger partial charge in [-0.15, -0.1) is 0 Å². The van der Waals surface area contributed by atoms with Gasteiger partial charge >= 0.3 is 6.03 Å². The summed E-state index contributed by atoms with van der Waals surface area (Å²) in [5.74, 6) is -2.32. The molecule has 0 aliphatic heterocycles. The lowest BCUT2D eigenvalue weighted by Crippen LogP contribution is -2.39. The first-order chi connectivity index (χ1) is 9.04. The van der Waals surface area contributed by atoms with E-state index in [0.29, 0.717) is 0 Å². The molecule has 0 aromatic heterocycles. The van der Waals surface area contributed by atoms with Crippen LogP contribution in [0.3, 0.4) is 0 Å². The number of amides is 3. The Bertz CT molecular complexity index is 504. The average molecular weight is 269 g/mol. The predicted octanol–water partition coefficient (Wildman–Crippen LogP) is 1.36. The Morgan fingerprint density at radius 1 is 1.21 bits per heavy atom. The maximum Gasteiger partial charge on any atom is 0.319 e. The molecule has 1 aliphatic rings. The maximum atomic E-state index is 12.9. The topological polar surface area (TPSA) is 70.2 Å². The van der Waals surface area contributed by atoms with Crippen LogP contribution in [0, 0.1) is 11.6 Å². The molecule has 0 unspecified atom stereocenters. The van der Waals surface area contributed by atoms with Gasteiger partial charge in [0.05, 0.1) is 6.54 Å². The van der Waals surface area contributed by atoms with Crippen molar-refractivity contribution in [2.24, 2.45) is 0 Å². The van der Waals surface area contributed by atoms with E-state index in [9.17, 15) is 18.4 Å². The molecule has 5 nitrogen and oxygen atoms in total. The van der Waals surface area contributed by atoms with Crippen molar-refractivity contribution in [1.82, 2.24) is 10.6 Å². The van der Waals surface area contributed by atoms with Gasteiger partial charge in [-0.2, -0.15) is 0 Å². The van der Waals surface area contributed by atoms with Crippen molar-refractivity contribution in [3.8, 4) is 0 Å². The van der Waals surface area contributed by atoms with Crippen molar-refractivity contribution < 1.29 is 18.4 Å². The first kappa shape index (κ1) is 13.3. The summed E-state index contributed by atoms with van der Waals surface area (Å²) in [7, 11) is 0. The molecule has 1 fully saturated rings. The highest BCUT2D eigenvalue weighted by Gasteiger charge is 2.23. The summed E-state index contributed by atoms with van der Waals surface area (Å²) < 4.78 is 25.5. The number of hydrogen-bond acceptors (Lipinski definition) is 2. The zero-order valence-corrected chi connectivity index (χ0v) is 10.0. The van der Waals surface area contributed by atoms with Crippen LogP contribution >= 0.6 is 0 Å². The Morgan fingerprint density at radius 3 is 2.58 bits per heavy atom. The maximum absolute atomic E-state index is 12.9. The summed E-state index contributed by atoms with van der Waals surface area (Å²) >= 11 is 0. The Balaban J connectivity index is 1.76. The van der Waals surface area contributed by atoms with Crippen LogP contribution in [0.25, 0.3) is 0 Å². The number of halogens is 2. The number of carbonyl (C=O) groups is 2. The van der Waals surface area contributed by atoms with Crippen molar-refractivity contribution in [3.63, 3.8) is 0 Å². The van der Waals surface area contributed by atoms with E-state index in [4.69, 9.17) is 0 Å². The molecule has 2 rings (SSSR count). The van der Waals surface area contributed by atoms with E-state index in [2.05, 4.69) is 16.0 Å². The monoisotopic (exact) mass is 269 g/mol. The zero-order chi connectivity index (χ0) is 13.8. The number of benzene rings is 1. The van der Waals surface area contributed by atoms with Crippen molar-refractivity contribution >= 4 is 17.6 Å². The van der Waals surface area contributed by atoms with Crippen molar-refractivity contribution in [1.29, 1.82) is 0 Å². The van der Waals surface area contributed by atoms with Crippen molar-refractivity contribution in [2.75, 3.05) is 11.9 Å². The molecule has 7 heteroatoms. The zero-order valence-electron chi connectivity index (χ0n) is 10.0. The predicted molar refractivity (Wildman–Crippen MR) is 64.5 cm³/mol. The fourth-order valence-electron chi connectivity index (χ4n) is 1.42. The molecule has 102 valence electrons. The molecule has 1 saturated carbocycles. The summed E-state index contributed by atoms with van der Waals surface area (Å²) in [4.78, 5) is 22.7. The van der Waals surface area contributed by atoms with E-state index in [-0.39, 0.29) is 24.2 Å². The van der Waals surface area contributed by atoms with Crippen molar-refractivity contribution in [3.05, 3.63) is 29.8 Å². The smallest absolute Gasteiger partial charge is 0.319 e. The highest BCUT2D eigenvalue weighted by molar-refractivity contribution is 5.92. The minimum Gasteiger partial charge on any atom is -0.352 e. The largest absolute Gasteiger partial charge is 0.352 e. The van der Waals surface area contributed by atoms with E-state index in [1.165, 1.54) is 6.07 Å². The molecular formula is C12H13F2N3O2. The van der Waals surface area contributed by atoms with Gasteiger partial charge in [0.2, 0.25) is 5.91 Å². The third-order valence-corrected chi connectivity index (χ3v) is 2.53. The number of hydrogen-bond donors (Lipinski definition) is 3. The first-order valence-electron chi connectivity index (χ1n) is 5.84. The summed E-state index contributed by atoms with van der Waals surface area (Å²) in [5, 5.41) is 7.32. The van der Waals surface area contributed by atoms with Gasteiger partial charge in [-0.1, -0.05) is 0 Å². The molecule has 0 spiro atoms. The van der Waals surface area contributed by atoms with Crippen LogP contribution in [-0.2, 0) is 4.79 Å². The quantitative estimate of drug-likeness (QED) is 0.772. The van der Waals surface area contributed by atoms with Gasteiger partial charge in [0.15, 0.2) is 11.6 Å². The minimum atomic E-state index is -1.05. The molecule has 0 heterocycles.